The van der Waals surface area contributed by atoms with E-state index in [1.54, 1.807) is 16.9 Å². The molecule has 2 fully saturated rings. The average Bonchev–Trinajstić information content (AvgIpc) is 3.49. The summed E-state index contributed by atoms with van der Waals surface area (Å²) in [6.45, 7) is 9.98. The van der Waals surface area contributed by atoms with Crippen LogP contribution in [0, 0.1) is 0 Å². The van der Waals surface area contributed by atoms with Crippen LogP contribution in [0.2, 0.25) is 0 Å². The second-order valence-electron chi connectivity index (χ2n) is 8.95. The number of nitrogens with one attached hydrogen (secondary N) is 1. The number of carbonyl (C=O) groups is 2. The van der Waals surface area contributed by atoms with E-state index in [-0.39, 0.29) is 22.4 Å². The molecule has 2 saturated heterocycles. The average molecular weight is 492 g/mol. The van der Waals surface area contributed by atoms with E-state index in [1.807, 2.05) is 13.8 Å². The van der Waals surface area contributed by atoms with Gasteiger partial charge in [-0.25, -0.2) is 0 Å². The van der Waals surface area contributed by atoms with Crippen molar-refractivity contribution >= 4 is 29.3 Å². The van der Waals surface area contributed by atoms with Gasteiger partial charge in [-0.15, -0.1) is 11.8 Å². The van der Waals surface area contributed by atoms with Crippen molar-refractivity contribution in [2.45, 2.75) is 49.8 Å². The number of nitrogens with two attached hydrogens (primary N) is 1. The van der Waals surface area contributed by atoms with E-state index in [9.17, 15) is 9.59 Å². The van der Waals surface area contributed by atoms with E-state index >= 15 is 0 Å². The number of likely N-dealkylation sites (N-methyl/N-ethyl adjacent to an activating group) is 2. The number of benzene rings is 1. The summed E-state index contributed by atoms with van der Waals surface area (Å²) >= 11 is 1.49. The number of rotatable bonds is 13. The van der Waals surface area contributed by atoms with Gasteiger partial charge in [-0.2, -0.15) is 0 Å². The first-order valence-electron chi connectivity index (χ1n) is 12.5. The van der Waals surface area contributed by atoms with Crippen LogP contribution in [0.3, 0.4) is 0 Å². The number of thioether (sulfide) groups is 1. The van der Waals surface area contributed by atoms with Gasteiger partial charge in [-0.3, -0.25) is 9.59 Å². The Kier molecular flexibility index (Phi) is 10.5. The van der Waals surface area contributed by atoms with Gasteiger partial charge in [0.05, 0.1) is 6.61 Å². The first-order valence-corrected chi connectivity index (χ1v) is 13.5. The lowest BCUT2D eigenvalue weighted by atomic mass is 10.1. The molecule has 34 heavy (non-hydrogen) atoms. The molecule has 2 heterocycles. The summed E-state index contributed by atoms with van der Waals surface area (Å²) in [5.74, 6) is -0.100. The van der Waals surface area contributed by atoms with E-state index in [0.29, 0.717) is 32.8 Å². The molecule has 2 aliphatic rings. The van der Waals surface area contributed by atoms with E-state index < -0.39 is 6.04 Å². The first kappa shape index (κ1) is 26.8. The maximum atomic E-state index is 13.0. The molecule has 1 aromatic carbocycles. The lowest BCUT2D eigenvalue weighted by Crippen LogP contribution is -2.54. The number of amides is 2. The Labute approximate surface area is 208 Å². The summed E-state index contributed by atoms with van der Waals surface area (Å²) in [4.78, 5) is 32.0. The van der Waals surface area contributed by atoms with Crippen LogP contribution in [0.4, 0.5) is 5.69 Å². The quantitative estimate of drug-likeness (QED) is 0.435. The van der Waals surface area contributed by atoms with Gasteiger partial charge in [0.1, 0.15) is 16.7 Å². The zero-order chi connectivity index (χ0) is 24.5. The van der Waals surface area contributed by atoms with Crippen molar-refractivity contribution in [3.05, 3.63) is 29.8 Å². The van der Waals surface area contributed by atoms with Gasteiger partial charge in [-0.1, -0.05) is 12.1 Å². The third-order valence-electron chi connectivity index (χ3n) is 6.72. The van der Waals surface area contributed by atoms with Crippen molar-refractivity contribution in [1.82, 2.24) is 14.7 Å². The molecule has 8 nitrogen and oxygen atoms in total. The highest BCUT2D eigenvalue weighted by Gasteiger charge is 2.44. The minimum atomic E-state index is -0.759. The van der Waals surface area contributed by atoms with Crippen LogP contribution >= 0.6 is 11.8 Å². The van der Waals surface area contributed by atoms with E-state index in [1.165, 1.54) is 43.3 Å². The Morgan fingerprint density at radius 3 is 2.59 bits per heavy atom. The third kappa shape index (κ3) is 6.87. The number of hydrogen-bond acceptors (Lipinski definition) is 7. The molecule has 0 spiro atoms. The second-order valence-corrected chi connectivity index (χ2v) is 10.3. The molecule has 9 heteroatoms. The molecule has 3 atom stereocenters. The highest BCUT2D eigenvalue weighted by atomic mass is 32.2. The molecule has 1 unspecified atom stereocenters. The van der Waals surface area contributed by atoms with Gasteiger partial charge in [0.2, 0.25) is 11.8 Å². The smallest absolute Gasteiger partial charge is 0.242 e. The Morgan fingerprint density at radius 1 is 1.26 bits per heavy atom. The maximum Gasteiger partial charge on any atom is 0.242 e. The SMILES string of the molecule is CCN(CCOC)C(=O)[C@@H](N)C1S[C@H](CNc2ccc(CCN3CCCC3)cc2)C(=O)N1CC. The van der Waals surface area contributed by atoms with Crippen LogP contribution in [0.1, 0.15) is 32.3 Å². The fraction of sp³-hybridized carbons (Fsp3) is 0.680. The molecule has 2 amide bonds. The number of hydrogen-bond donors (Lipinski definition) is 2. The molecule has 190 valence electrons. The number of ether oxygens (including phenoxy) is 1. The van der Waals surface area contributed by atoms with Gasteiger partial charge in [0, 0.05) is 45.5 Å². The zero-order valence-corrected chi connectivity index (χ0v) is 21.7. The zero-order valence-electron chi connectivity index (χ0n) is 20.9. The summed E-state index contributed by atoms with van der Waals surface area (Å²) in [6, 6.07) is 7.74. The van der Waals surface area contributed by atoms with Crippen LogP contribution in [0.5, 0.6) is 0 Å². The van der Waals surface area contributed by atoms with Crippen molar-refractivity contribution in [3.63, 3.8) is 0 Å². The molecule has 0 saturated carbocycles. The Balaban J connectivity index is 1.52. The van der Waals surface area contributed by atoms with Crippen LogP contribution in [-0.2, 0) is 20.7 Å². The minimum absolute atomic E-state index is 0.0374. The van der Waals surface area contributed by atoms with Crippen molar-refractivity contribution in [1.29, 1.82) is 0 Å². The Morgan fingerprint density at radius 2 is 1.97 bits per heavy atom. The Bertz CT molecular complexity index is 787. The monoisotopic (exact) mass is 491 g/mol. The van der Waals surface area contributed by atoms with Crippen molar-refractivity contribution in [2.24, 2.45) is 5.73 Å². The minimum Gasteiger partial charge on any atom is -0.383 e. The van der Waals surface area contributed by atoms with E-state index in [4.69, 9.17) is 10.5 Å². The number of anilines is 1. The van der Waals surface area contributed by atoms with Crippen molar-refractivity contribution < 1.29 is 14.3 Å². The fourth-order valence-electron chi connectivity index (χ4n) is 4.61. The summed E-state index contributed by atoms with van der Waals surface area (Å²) in [5.41, 5.74) is 8.72. The standard InChI is InChI=1S/C25H41N5O3S/c1-4-29(16-17-33-3)24(32)22(26)25-30(5-2)23(31)21(34-25)18-27-20-10-8-19(9-11-20)12-15-28-13-6-7-14-28/h8-11,21-22,25,27H,4-7,12-18,26H2,1-3H3/t21-,22-,25?/m1/s1. The van der Waals surface area contributed by atoms with E-state index in [0.717, 1.165) is 18.7 Å². The largest absolute Gasteiger partial charge is 0.383 e. The second kappa shape index (κ2) is 13.3. The molecular formula is C25H41N5O3S. The normalized spacial score (nSPS) is 21.8. The van der Waals surface area contributed by atoms with Crippen LogP contribution < -0.4 is 11.1 Å². The molecule has 3 rings (SSSR count). The maximum absolute atomic E-state index is 13.0. The number of carbonyl (C=O) groups excluding carboxylic acids is 2. The first-order chi connectivity index (χ1) is 16.5. The molecule has 0 radical (unpaired) electrons. The summed E-state index contributed by atoms with van der Waals surface area (Å²) < 4.78 is 5.11. The van der Waals surface area contributed by atoms with Crippen molar-refractivity contribution in [3.8, 4) is 0 Å². The lowest BCUT2D eigenvalue weighted by molar-refractivity contribution is -0.135. The molecule has 3 N–H and O–H groups in total. The summed E-state index contributed by atoms with van der Waals surface area (Å²) in [7, 11) is 1.61. The molecule has 0 bridgehead atoms. The topological polar surface area (TPSA) is 91.1 Å². The highest BCUT2D eigenvalue weighted by molar-refractivity contribution is 8.01. The molecule has 0 aliphatic carbocycles. The summed E-state index contributed by atoms with van der Waals surface area (Å²) in [5, 5.41) is 2.77. The van der Waals surface area contributed by atoms with Gasteiger partial charge in [0.25, 0.3) is 0 Å². The van der Waals surface area contributed by atoms with Crippen molar-refractivity contribution in [2.75, 3.05) is 64.8 Å². The van der Waals surface area contributed by atoms with E-state index in [2.05, 4.69) is 34.5 Å². The van der Waals surface area contributed by atoms with Gasteiger partial charge in [-0.05, 0) is 63.9 Å². The summed E-state index contributed by atoms with van der Waals surface area (Å²) in [6.07, 6.45) is 3.71. The molecule has 1 aromatic rings. The predicted molar refractivity (Wildman–Crippen MR) is 139 cm³/mol. The van der Waals surface area contributed by atoms with Gasteiger partial charge >= 0.3 is 0 Å². The van der Waals surface area contributed by atoms with Crippen LogP contribution in [-0.4, -0.2) is 103 Å². The highest BCUT2D eigenvalue weighted by Crippen LogP contribution is 2.33. The van der Waals surface area contributed by atoms with Gasteiger partial charge in [0.15, 0.2) is 0 Å². The number of methoxy groups -OCH3 is 1. The third-order valence-corrected chi connectivity index (χ3v) is 8.25. The Hall–Kier alpha value is -1.81. The number of likely N-dealkylation sites (tertiary alicyclic amines) is 1. The number of nitrogens with zero attached hydrogens (tertiary/aromatic N) is 3. The lowest BCUT2D eigenvalue weighted by Gasteiger charge is -2.30. The van der Waals surface area contributed by atoms with Crippen LogP contribution in [0.25, 0.3) is 0 Å². The predicted octanol–water partition coefficient (Wildman–Crippen LogP) is 1.85. The molecule has 2 aliphatic heterocycles. The molecule has 0 aromatic heterocycles. The fourth-order valence-corrected chi connectivity index (χ4v) is 6.07. The van der Waals surface area contributed by atoms with Gasteiger partial charge < -0.3 is 30.5 Å². The molecular weight excluding hydrogens is 450 g/mol. The van der Waals surface area contributed by atoms with Crippen LogP contribution in [0.15, 0.2) is 24.3 Å².